The van der Waals surface area contributed by atoms with Crippen molar-refractivity contribution in [3.63, 3.8) is 0 Å². The number of hydrogen-bond donors (Lipinski definition) is 0. The van der Waals surface area contributed by atoms with Crippen LogP contribution in [0.1, 0.15) is 80.8 Å². The molecule has 1 aliphatic carbocycles. The lowest BCUT2D eigenvalue weighted by atomic mass is 9.86. The van der Waals surface area contributed by atoms with Gasteiger partial charge in [-0.2, -0.15) is 5.10 Å². The molecule has 0 aromatic carbocycles. The van der Waals surface area contributed by atoms with Crippen LogP contribution in [0.25, 0.3) is 11.3 Å². The molecule has 4 rings (SSSR count). The Hall–Kier alpha value is -2.11. The fourth-order valence-electron chi connectivity index (χ4n) is 4.95. The smallest absolute Gasteiger partial charge is 0.223 e. The number of aryl methyl sites for hydroxylation is 2. The van der Waals surface area contributed by atoms with Crippen LogP contribution in [0, 0.1) is 19.8 Å². The van der Waals surface area contributed by atoms with E-state index in [1.807, 2.05) is 31.8 Å². The van der Waals surface area contributed by atoms with E-state index < -0.39 is 0 Å². The van der Waals surface area contributed by atoms with Gasteiger partial charge in [-0.3, -0.25) is 9.48 Å². The zero-order valence-electron chi connectivity index (χ0n) is 17.4. The van der Waals surface area contributed by atoms with Crippen molar-refractivity contribution in [2.24, 2.45) is 13.0 Å². The number of likely N-dealkylation sites (tertiary alicyclic amines) is 1. The topological polar surface area (TPSA) is 64.2 Å². The van der Waals surface area contributed by atoms with Gasteiger partial charge in [-0.15, -0.1) is 0 Å². The molecule has 2 aromatic rings. The number of aromatic nitrogens is 3. The van der Waals surface area contributed by atoms with E-state index in [1.165, 1.54) is 32.1 Å². The van der Waals surface area contributed by atoms with Crippen LogP contribution in [0.3, 0.4) is 0 Å². The first-order valence-electron chi connectivity index (χ1n) is 10.8. The summed E-state index contributed by atoms with van der Waals surface area (Å²) in [7, 11) is 1.97. The average Bonchev–Trinajstić information content (AvgIpc) is 3.24. The van der Waals surface area contributed by atoms with Crippen LogP contribution in [0.4, 0.5) is 0 Å². The summed E-state index contributed by atoms with van der Waals surface area (Å²) in [6.07, 6.45) is 12.0. The fourth-order valence-corrected chi connectivity index (χ4v) is 4.95. The summed E-state index contributed by atoms with van der Waals surface area (Å²) in [5.74, 6) is 1.66. The number of carbonyl (C=O) groups is 1. The normalized spacial score (nSPS) is 21.2. The first-order chi connectivity index (χ1) is 13.6. The van der Waals surface area contributed by atoms with Crippen molar-refractivity contribution < 1.29 is 9.32 Å². The number of amides is 1. The Balaban J connectivity index is 1.62. The lowest BCUT2D eigenvalue weighted by Gasteiger charge is -2.37. The summed E-state index contributed by atoms with van der Waals surface area (Å²) in [5, 5.41) is 8.65. The minimum absolute atomic E-state index is 0.0668. The van der Waals surface area contributed by atoms with Crippen molar-refractivity contribution in [3.8, 4) is 11.3 Å². The van der Waals surface area contributed by atoms with Gasteiger partial charge in [-0.1, -0.05) is 24.4 Å². The van der Waals surface area contributed by atoms with E-state index >= 15 is 0 Å². The number of carbonyl (C=O) groups excluding carboxylic acids is 1. The second-order valence-corrected chi connectivity index (χ2v) is 8.60. The van der Waals surface area contributed by atoms with Gasteiger partial charge < -0.3 is 9.42 Å². The maximum atomic E-state index is 13.3. The van der Waals surface area contributed by atoms with Gasteiger partial charge in [0.05, 0.1) is 29.2 Å². The highest BCUT2D eigenvalue weighted by molar-refractivity contribution is 5.77. The van der Waals surface area contributed by atoms with E-state index in [4.69, 9.17) is 4.52 Å². The van der Waals surface area contributed by atoms with Gasteiger partial charge in [-0.25, -0.2) is 0 Å². The summed E-state index contributed by atoms with van der Waals surface area (Å²) in [6, 6.07) is 0.0668. The zero-order valence-corrected chi connectivity index (χ0v) is 17.4. The van der Waals surface area contributed by atoms with Crippen LogP contribution in [-0.4, -0.2) is 32.3 Å². The number of nitrogens with zero attached hydrogens (tertiary/aromatic N) is 4. The van der Waals surface area contributed by atoms with Crippen LogP contribution >= 0.6 is 0 Å². The van der Waals surface area contributed by atoms with Gasteiger partial charge in [0, 0.05) is 25.6 Å². The molecule has 1 amide bonds. The van der Waals surface area contributed by atoms with E-state index in [9.17, 15) is 4.79 Å². The molecule has 0 spiro atoms. The lowest BCUT2D eigenvalue weighted by molar-refractivity contribution is -0.136. The SMILES string of the molecule is Cc1noc(-c2cnn(C)c2[C@H]2CCCCN2C(=O)CC2CCCCC2)c1C. The molecule has 1 atom stereocenters. The Morgan fingerprint density at radius 1 is 1.14 bits per heavy atom. The van der Waals surface area contributed by atoms with Gasteiger partial charge in [0.25, 0.3) is 0 Å². The average molecular weight is 385 g/mol. The highest BCUT2D eigenvalue weighted by Crippen LogP contribution is 2.39. The van der Waals surface area contributed by atoms with E-state index in [2.05, 4.69) is 15.2 Å². The molecule has 0 bridgehead atoms. The third kappa shape index (κ3) is 3.61. The highest BCUT2D eigenvalue weighted by atomic mass is 16.5. The number of rotatable bonds is 4. The third-order valence-corrected chi connectivity index (χ3v) is 6.71. The Morgan fingerprint density at radius 2 is 1.89 bits per heavy atom. The second kappa shape index (κ2) is 8.10. The minimum Gasteiger partial charge on any atom is -0.356 e. The molecule has 1 saturated heterocycles. The van der Waals surface area contributed by atoms with Crippen molar-refractivity contribution in [1.29, 1.82) is 0 Å². The molecule has 152 valence electrons. The first-order valence-corrected chi connectivity index (χ1v) is 10.8. The second-order valence-electron chi connectivity index (χ2n) is 8.60. The Labute approximate surface area is 167 Å². The van der Waals surface area contributed by atoms with Crippen LogP contribution < -0.4 is 0 Å². The largest absolute Gasteiger partial charge is 0.356 e. The molecule has 0 radical (unpaired) electrons. The van der Waals surface area contributed by atoms with Crippen molar-refractivity contribution in [2.75, 3.05) is 6.54 Å². The monoisotopic (exact) mass is 384 g/mol. The van der Waals surface area contributed by atoms with Gasteiger partial charge in [-0.05, 0) is 51.9 Å². The standard InChI is InChI=1S/C22H32N4O2/c1-15-16(2)24-28-22(15)18-14-23-25(3)21(18)19-11-7-8-12-26(19)20(27)13-17-9-5-4-6-10-17/h14,17,19H,4-13H2,1-3H3/t19-/m1/s1. The number of piperidine rings is 1. The minimum atomic E-state index is 0.0668. The molecule has 0 unspecified atom stereocenters. The Morgan fingerprint density at radius 3 is 2.61 bits per heavy atom. The molecular weight excluding hydrogens is 352 g/mol. The highest BCUT2D eigenvalue weighted by Gasteiger charge is 2.34. The van der Waals surface area contributed by atoms with Crippen molar-refractivity contribution in [2.45, 2.75) is 77.7 Å². The lowest BCUT2D eigenvalue weighted by Crippen LogP contribution is -2.40. The summed E-state index contributed by atoms with van der Waals surface area (Å²) >= 11 is 0. The first kappa shape index (κ1) is 19.2. The van der Waals surface area contributed by atoms with Gasteiger partial charge in [0.15, 0.2) is 5.76 Å². The summed E-state index contributed by atoms with van der Waals surface area (Å²) in [5.41, 5.74) is 4.00. The molecule has 1 saturated carbocycles. The van der Waals surface area contributed by atoms with Crippen molar-refractivity contribution in [3.05, 3.63) is 23.1 Å². The summed E-state index contributed by atoms with van der Waals surface area (Å²) < 4.78 is 7.56. The summed E-state index contributed by atoms with van der Waals surface area (Å²) in [4.78, 5) is 15.4. The Kier molecular flexibility index (Phi) is 5.56. The van der Waals surface area contributed by atoms with E-state index in [1.54, 1.807) is 0 Å². The molecule has 1 aliphatic heterocycles. The van der Waals surface area contributed by atoms with E-state index in [0.29, 0.717) is 18.2 Å². The third-order valence-electron chi connectivity index (χ3n) is 6.71. The molecule has 2 fully saturated rings. The zero-order chi connectivity index (χ0) is 19.7. The van der Waals surface area contributed by atoms with E-state index in [-0.39, 0.29) is 6.04 Å². The fraction of sp³-hybridized carbons (Fsp3) is 0.682. The van der Waals surface area contributed by atoms with Gasteiger partial charge in [0.2, 0.25) is 5.91 Å². The van der Waals surface area contributed by atoms with Crippen LogP contribution in [0.5, 0.6) is 0 Å². The summed E-state index contributed by atoms with van der Waals surface area (Å²) in [6.45, 7) is 4.83. The van der Waals surface area contributed by atoms with E-state index in [0.717, 1.165) is 54.1 Å². The molecule has 6 heteroatoms. The molecule has 3 heterocycles. The molecule has 2 aromatic heterocycles. The number of hydrogen-bond acceptors (Lipinski definition) is 4. The predicted molar refractivity (Wildman–Crippen MR) is 108 cm³/mol. The molecule has 2 aliphatic rings. The van der Waals surface area contributed by atoms with Gasteiger partial charge in [0.1, 0.15) is 0 Å². The predicted octanol–water partition coefficient (Wildman–Crippen LogP) is 4.72. The van der Waals surface area contributed by atoms with Crippen molar-refractivity contribution in [1.82, 2.24) is 19.8 Å². The molecular formula is C22H32N4O2. The maximum absolute atomic E-state index is 13.3. The maximum Gasteiger partial charge on any atom is 0.223 e. The quantitative estimate of drug-likeness (QED) is 0.765. The van der Waals surface area contributed by atoms with Crippen LogP contribution in [0.15, 0.2) is 10.7 Å². The van der Waals surface area contributed by atoms with Crippen LogP contribution in [-0.2, 0) is 11.8 Å². The Bertz CT molecular complexity index is 832. The van der Waals surface area contributed by atoms with Crippen LogP contribution in [0.2, 0.25) is 0 Å². The van der Waals surface area contributed by atoms with Crippen molar-refractivity contribution >= 4 is 5.91 Å². The molecule has 6 nitrogen and oxygen atoms in total. The molecule has 0 N–H and O–H groups in total. The van der Waals surface area contributed by atoms with Gasteiger partial charge >= 0.3 is 0 Å². The molecule has 28 heavy (non-hydrogen) atoms.